The first-order valence-electron chi connectivity index (χ1n) is 4.30. The highest BCUT2D eigenvalue weighted by Crippen LogP contribution is 2.13. The molecule has 5 heteroatoms. The highest BCUT2D eigenvalue weighted by atomic mass is 32.1. The molecule has 0 fully saturated rings. The van der Waals surface area contributed by atoms with E-state index in [4.69, 9.17) is 11.0 Å². The molecule has 15 heavy (non-hydrogen) atoms. The normalized spacial score (nSPS) is 12.3. The minimum absolute atomic E-state index is 0.0355. The van der Waals surface area contributed by atoms with Crippen molar-refractivity contribution < 1.29 is 0 Å². The van der Waals surface area contributed by atoms with Crippen molar-refractivity contribution in [1.82, 2.24) is 0 Å². The monoisotopic (exact) mass is 218 g/mol. The van der Waals surface area contributed by atoms with Gasteiger partial charge < -0.3 is 5.73 Å². The van der Waals surface area contributed by atoms with E-state index in [9.17, 15) is 0 Å². The fourth-order valence-corrected chi connectivity index (χ4v) is 0.982. The largest absolute Gasteiger partial charge is 0.391 e. The molecule has 1 aromatic rings. The zero-order chi connectivity index (χ0) is 11.3. The second-order valence-electron chi connectivity index (χ2n) is 2.99. The summed E-state index contributed by atoms with van der Waals surface area (Å²) in [6, 6.07) is 8.46. The van der Waals surface area contributed by atoms with Crippen LogP contribution in [0.5, 0.6) is 0 Å². The van der Waals surface area contributed by atoms with E-state index >= 15 is 0 Å². The quantitative estimate of drug-likeness (QED) is 0.624. The third-order valence-electron chi connectivity index (χ3n) is 1.71. The Morgan fingerprint density at radius 3 is 2.53 bits per heavy atom. The predicted molar refractivity (Wildman–Crippen MR) is 61.9 cm³/mol. The van der Waals surface area contributed by atoms with Gasteiger partial charge in [-0.25, -0.2) is 0 Å². The number of benzene rings is 1. The minimum atomic E-state index is -0.846. The van der Waals surface area contributed by atoms with Crippen molar-refractivity contribution in [2.24, 2.45) is 16.0 Å². The molecule has 0 aliphatic heterocycles. The smallest absolute Gasteiger partial charge is 0.206 e. The molecule has 0 saturated carbocycles. The molecule has 2 N–H and O–H groups in total. The van der Waals surface area contributed by atoms with Crippen molar-refractivity contribution in [1.29, 1.82) is 5.26 Å². The lowest BCUT2D eigenvalue weighted by Crippen LogP contribution is -2.22. The Labute approximate surface area is 93.4 Å². The fraction of sp³-hybridized carbons (Fsp3) is 0.200. The van der Waals surface area contributed by atoms with Crippen molar-refractivity contribution in [2.45, 2.75) is 13.0 Å². The molecule has 0 spiro atoms. The van der Waals surface area contributed by atoms with Gasteiger partial charge >= 0.3 is 0 Å². The molecule has 0 aliphatic rings. The number of azo groups is 1. The predicted octanol–water partition coefficient (Wildman–Crippen LogP) is 2.26. The van der Waals surface area contributed by atoms with Crippen molar-refractivity contribution in [3.8, 4) is 6.07 Å². The van der Waals surface area contributed by atoms with Crippen LogP contribution in [0.2, 0.25) is 0 Å². The SMILES string of the molecule is Cc1ccc(N=NC(C#N)C(N)=S)cc1. The van der Waals surface area contributed by atoms with Crippen LogP contribution in [0.15, 0.2) is 34.5 Å². The third-order valence-corrected chi connectivity index (χ3v) is 1.94. The van der Waals surface area contributed by atoms with Gasteiger partial charge in [-0.15, -0.1) is 0 Å². The van der Waals surface area contributed by atoms with E-state index in [1.54, 1.807) is 0 Å². The lowest BCUT2D eigenvalue weighted by Gasteiger charge is -1.98. The maximum atomic E-state index is 8.65. The number of rotatable bonds is 3. The zero-order valence-electron chi connectivity index (χ0n) is 8.21. The van der Waals surface area contributed by atoms with Gasteiger partial charge in [-0.05, 0) is 19.1 Å². The van der Waals surface area contributed by atoms with E-state index in [1.807, 2.05) is 37.3 Å². The van der Waals surface area contributed by atoms with Crippen LogP contribution in [0.25, 0.3) is 0 Å². The van der Waals surface area contributed by atoms with Crippen molar-refractivity contribution in [3.05, 3.63) is 29.8 Å². The molecule has 1 rings (SSSR count). The number of hydrogen-bond donors (Lipinski definition) is 1. The summed E-state index contributed by atoms with van der Waals surface area (Å²) in [7, 11) is 0. The van der Waals surface area contributed by atoms with E-state index < -0.39 is 6.04 Å². The first-order valence-corrected chi connectivity index (χ1v) is 4.71. The van der Waals surface area contributed by atoms with Crippen LogP contribution in [0.3, 0.4) is 0 Å². The van der Waals surface area contributed by atoms with Gasteiger partial charge in [-0.2, -0.15) is 15.5 Å². The number of aryl methyl sites for hydroxylation is 1. The van der Waals surface area contributed by atoms with Gasteiger partial charge in [0.25, 0.3) is 0 Å². The Morgan fingerprint density at radius 1 is 1.47 bits per heavy atom. The molecule has 0 aliphatic carbocycles. The summed E-state index contributed by atoms with van der Waals surface area (Å²) in [6.45, 7) is 1.98. The van der Waals surface area contributed by atoms with E-state index in [2.05, 4.69) is 22.4 Å². The molecule has 0 saturated heterocycles. The molecule has 0 radical (unpaired) electrons. The van der Waals surface area contributed by atoms with Gasteiger partial charge in [-0.3, -0.25) is 0 Å². The summed E-state index contributed by atoms with van der Waals surface area (Å²) < 4.78 is 0. The van der Waals surface area contributed by atoms with Crippen molar-refractivity contribution >= 4 is 22.9 Å². The molecule has 0 aromatic heterocycles. The van der Waals surface area contributed by atoms with Gasteiger partial charge in [0.15, 0.2) is 0 Å². The average Bonchev–Trinajstić information content (AvgIpc) is 2.21. The van der Waals surface area contributed by atoms with Crippen LogP contribution in [0, 0.1) is 18.3 Å². The Morgan fingerprint density at radius 2 is 2.07 bits per heavy atom. The second kappa shape index (κ2) is 5.17. The van der Waals surface area contributed by atoms with Gasteiger partial charge in [0.1, 0.15) is 4.99 Å². The summed E-state index contributed by atoms with van der Waals surface area (Å²) in [5, 5.41) is 16.3. The average molecular weight is 218 g/mol. The molecule has 76 valence electrons. The zero-order valence-corrected chi connectivity index (χ0v) is 9.03. The third kappa shape index (κ3) is 3.44. The highest BCUT2D eigenvalue weighted by Gasteiger charge is 2.07. The van der Waals surface area contributed by atoms with E-state index in [-0.39, 0.29) is 4.99 Å². The fourth-order valence-electron chi connectivity index (χ4n) is 0.882. The van der Waals surface area contributed by atoms with E-state index in [0.29, 0.717) is 5.69 Å². The van der Waals surface area contributed by atoms with Crippen LogP contribution in [0.4, 0.5) is 5.69 Å². The lowest BCUT2D eigenvalue weighted by atomic mass is 10.2. The topological polar surface area (TPSA) is 74.5 Å². The van der Waals surface area contributed by atoms with Gasteiger partial charge in [0.05, 0.1) is 11.8 Å². The minimum Gasteiger partial charge on any atom is -0.391 e. The summed E-state index contributed by atoms with van der Waals surface area (Å²) >= 11 is 4.65. The Balaban J connectivity index is 2.77. The number of hydrogen-bond acceptors (Lipinski definition) is 4. The summed E-state index contributed by atoms with van der Waals surface area (Å²) in [4.78, 5) is 0.0355. The molecular weight excluding hydrogens is 208 g/mol. The van der Waals surface area contributed by atoms with Crippen molar-refractivity contribution in [3.63, 3.8) is 0 Å². The first kappa shape index (κ1) is 11.3. The lowest BCUT2D eigenvalue weighted by molar-refractivity contribution is 0.978. The van der Waals surface area contributed by atoms with Crippen LogP contribution in [-0.4, -0.2) is 11.0 Å². The second-order valence-corrected chi connectivity index (χ2v) is 3.46. The molecule has 0 amide bonds. The summed E-state index contributed by atoms with van der Waals surface area (Å²) in [6.07, 6.45) is 0. The molecule has 1 atom stereocenters. The highest BCUT2D eigenvalue weighted by molar-refractivity contribution is 7.80. The van der Waals surface area contributed by atoms with E-state index in [1.165, 1.54) is 0 Å². The van der Waals surface area contributed by atoms with Gasteiger partial charge in [-0.1, -0.05) is 29.9 Å². The standard InChI is InChI=1S/C10H10N4S/c1-7-2-4-8(5-3-7)13-14-9(6-11)10(12)15/h2-5,9H,1H3,(H2,12,15). The molecular formula is C10H10N4S. The van der Waals surface area contributed by atoms with Gasteiger partial charge in [0.2, 0.25) is 6.04 Å². The number of nitrogens with zero attached hydrogens (tertiary/aromatic N) is 3. The van der Waals surface area contributed by atoms with Crippen LogP contribution < -0.4 is 5.73 Å². The van der Waals surface area contributed by atoms with Gasteiger partial charge in [0, 0.05) is 0 Å². The summed E-state index contributed by atoms with van der Waals surface area (Å²) in [5.41, 5.74) is 7.11. The Bertz CT molecular complexity index is 416. The van der Waals surface area contributed by atoms with Crippen LogP contribution >= 0.6 is 12.2 Å². The van der Waals surface area contributed by atoms with Crippen molar-refractivity contribution in [2.75, 3.05) is 0 Å². The Hall–Kier alpha value is -1.80. The molecule has 0 heterocycles. The summed E-state index contributed by atoms with van der Waals surface area (Å²) in [5.74, 6) is 0. The maximum absolute atomic E-state index is 8.65. The number of nitrogens with two attached hydrogens (primary N) is 1. The first-order chi connectivity index (χ1) is 7.13. The van der Waals surface area contributed by atoms with Crippen LogP contribution in [0.1, 0.15) is 5.56 Å². The Kier molecular flexibility index (Phi) is 3.89. The number of thiocarbonyl (C=S) groups is 1. The van der Waals surface area contributed by atoms with Crippen LogP contribution in [-0.2, 0) is 0 Å². The molecule has 4 nitrogen and oxygen atoms in total. The molecule has 1 aromatic carbocycles. The van der Waals surface area contributed by atoms with E-state index in [0.717, 1.165) is 5.56 Å². The molecule has 1 unspecified atom stereocenters. The maximum Gasteiger partial charge on any atom is 0.206 e. The molecule has 0 bridgehead atoms. The number of nitriles is 1.